The van der Waals surface area contributed by atoms with Crippen molar-refractivity contribution in [1.29, 1.82) is 0 Å². The molecule has 0 bridgehead atoms. The van der Waals surface area contributed by atoms with Gasteiger partial charge in [-0.1, -0.05) is 18.2 Å². The fourth-order valence-corrected chi connectivity index (χ4v) is 3.08. The van der Waals surface area contributed by atoms with Gasteiger partial charge >= 0.3 is 0 Å². The Hall–Kier alpha value is -2.03. The minimum Gasteiger partial charge on any atom is -0.361 e. The minimum atomic E-state index is 0. The first kappa shape index (κ1) is 21.3. The number of aromatic nitrogens is 3. The van der Waals surface area contributed by atoms with E-state index in [9.17, 15) is 0 Å². The van der Waals surface area contributed by atoms with Crippen molar-refractivity contribution in [2.45, 2.75) is 33.7 Å². The third-order valence-corrected chi connectivity index (χ3v) is 4.40. The number of guanidine groups is 1. The van der Waals surface area contributed by atoms with Crippen LogP contribution in [-0.2, 0) is 13.0 Å². The summed E-state index contributed by atoms with van der Waals surface area (Å²) in [6.07, 6.45) is 6.94. The number of aromatic amines is 1. The van der Waals surface area contributed by atoms with Crippen LogP contribution in [0.2, 0.25) is 0 Å². The Morgan fingerprint density at radius 3 is 2.85 bits per heavy atom. The molecule has 7 heteroatoms. The Morgan fingerprint density at radius 2 is 2.11 bits per heavy atom. The fraction of sp³-hybridized carbons (Fsp3) is 0.400. The summed E-state index contributed by atoms with van der Waals surface area (Å²) in [6, 6.07) is 6.42. The normalized spacial score (nSPS) is 11.4. The van der Waals surface area contributed by atoms with Crippen LogP contribution in [-0.4, -0.2) is 40.4 Å². The zero-order chi connectivity index (χ0) is 18.4. The zero-order valence-electron chi connectivity index (χ0n) is 16.2. The van der Waals surface area contributed by atoms with Crippen molar-refractivity contribution in [3.05, 3.63) is 53.5 Å². The molecule has 3 N–H and O–H groups in total. The van der Waals surface area contributed by atoms with E-state index in [0.29, 0.717) is 0 Å². The largest absolute Gasteiger partial charge is 0.361 e. The molecular weight excluding hydrogens is 451 g/mol. The molecule has 146 valence electrons. The van der Waals surface area contributed by atoms with Crippen molar-refractivity contribution in [2.24, 2.45) is 4.99 Å². The van der Waals surface area contributed by atoms with Gasteiger partial charge in [0.15, 0.2) is 5.96 Å². The average Bonchev–Trinajstić information content (AvgIpc) is 3.22. The van der Waals surface area contributed by atoms with E-state index < -0.39 is 0 Å². The van der Waals surface area contributed by atoms with Gasteiger partial charge in [0.1, 0.15) is 0 Å². The number of halogens is 1. The highest BCUT2D eigenvalue weighted by atomic mass is 127. The van der Waals surface area contributed by atoms with E-state index in [1.807, 2.05) is 17.1 Å². The zero-order valence-corrected chi connectivity index (χ0v) is 18.6. The number of rotatable bonds is 7. The van der Waals surface area contributed by atoms with Gasteiger partial charge in [-0.3, -0.25) is 9.67 Å². The maximum atomic E-state index is 4.70. The first-order chi connectivity index (χ1) is 12.7. The van der Waals surface area contributed by atoms with Gasteiger partial charge in [0.05, 0.1) is 12.7 Å². The van der Waals surface area contributed by atoms with Gasteiger partial charge in [-0.15, -0.1) is 24.0 Å². The highest BCUT2D eigenvalue weighted by Crippen LogP contribution is 2.21. The van der Waals surface area contributed by atoms with Gasteiger partial charge in [0.2, 0.25) is 0 Å². The monoisotopic (exact) mass is 480 g/mol. The number of aliphatic imine (C=N–C) groups is 1. The summed E-state index contributed by atoms with van der Waals surface area (Å²) in [6.45, 7) is 9.47. The second-order valence-corrected chi connectivity index (χ2v) is 6.53. The lowest BCUT2D eigenvalue weighted by Gasteiger charge is -2.11. The van der Waals surface area contributed by atoms with Gasteiger partial charge in [-0.05, 0) is 43.9 Å². The molecular formula is C20H29IN6. The van der Waals surface area contributed by atoms with E-state index in [4.69, 9.17) is 4.99 Å². The van der Waals surface area contributed by atoms with Gasteiger partial charge in [-0.25, -0.2) is 0 Å². The topological polar surface area (TPSA) is 70.0 Å². The van der Waals surface area contributed by atoms with Crippen LogP contribution >= 0.6 is 24.0 Å². The van der Waals surface area contributed by atoms with Crippen LogP contribution in [0.1, 0.15) is 23.6 Å². The van der Waals surface area contributed by atoms with Crippen molar-refractivity contribution < 1.29 is 0 Å². The molecule has 2 aromatic heterocycles. The summed E-state index contributed by atoms with van der Waals surface area (Å²) >= 11 is 0. The number of H-pyrrole nitrogens is 1. The van der Waals surface area contributed by atoms with E-state index in [2.05, 4.69) is 65.9 Å². The Bertz CT molecular complexity index is 880. The molecule has 0 fully saturated rings. The van der Waals surface area contributed by atoms with Crippen molar-refractivity contribution in [1.82, 2.24) is 25.4 Å². The molecule has 0 amide bonds. The average molecular weight is 480 g/mol. The van der Waals surface area contributed by atoms with Gasteiger partial charge in [0, 0.05) is 42.9 Å². The predicted octanol–water partition coefficient (Wildman–Crippen LogP) is 3.40. The number of nitrogens with zero attached hydrogens (tertiary/aromatic N) is 3. The van der Waals surface area contributed by atoms with Crippen LogP contribution in [0, 0.1) is 13.8 Å². The Balaban J connectivity index is 0.00000261. The summed E-state index contributed by atoms with van der Waals surface area (Å²) in [5.74, 6) is 0.854. The standard InChI is InChI=1S/C20H28N6.HI/c1-4-21-20(23-10-11-26-14-15(2)12-25-26)22-9-8-17-13-24-19-16(3)6-5-7-18(17)19;/h5-7,12-14,24H,4,8-11H2,1-3H3,(H2,21,22,23);1H. The van der Waals surface area contributed by atoms with Crippen molar-refractivity contribution in [2.75, 3.05) is 19.6 Å². The van der Waals surface area contributed by atoms with Crippen LogP contribution in [0.4, 0.5) is 0 Å². The number of para-hydroxylation sites is 1. The van der Waals surface area contributed by atoms with E-state index in [1.54, 1.807) is 0 Å². The molecule has 6 nitrogen and oxygen atoms in total. The van der Waals surface area contributed by atoms with E-state index in [0.717, 1.165) is 38.6 Å². The molecule has 0 unspecified atom stereocenters. The van der Waals surface area contributed by atoms with Crippen molar-refractivity contribution in [3.8, 4) is 0 Å². The summed E-state index contributed by atoms with van der Waals surface area (Å²) in [5, 5.41) is 12.3. The van der Waals surface area contributed by atoms with Crippen molar-refractivity contribution in [3.63, 3.8) is 0 Å². The minimum absolute atomic E-state index is 0. The lowest BCUT2D eigenvalue weighted by molar-refractivity contribution is 0.597. The quantitative estimate of drug-likeness (QED) is 0.276. The molecule has 2 heterocycles. The Kier molecular flexibility index (Phi) is 8.15. The third-order valence-electron chi connectivity index (χ3n) is 4.40. The molecule has 27 heavy (non-hydrogen) atoms. The summed E-state index contributed by atoms with van der Waals surface area (Å²) < 4.78 is 1.94. The van der Waals surface area contributed by atoms with E-state index in [1.165, 1.54) is 27.6 Å². The second kappa shape index (κ2) is 10.3. The summed E-state index contributed by atoms with van der Waals surface area (Å²) in [7, 11) is 0. The summed E-state index contributed by atoms with van der Waals surface area (Å²) in [4.78, 5) is 8.09. The molecule has 0 radical (unpaired) electrons. The summed E-state index contributed by atoms with van der Waals surface area (Å²) in [5.41, 5.74) is 5.00. The van der Waals surface area contributed by atoms with E-state index in [-0.39, 0.29) is 24.0 Å². The van der Waals surface area contributed by atoms with E-state index >= 15 is 0 Å². The lowest BCUT2D eigenvalue weighted by Crippen LogP contribution is -2.39. The SMILES string of the molecule is CCNC(=NCCc1c[nH]c2c(C)cccc12)NCCn1cc(C)cn1.I. The van der Waals surface area contributed by atoms with Gasteiger partial charge in [0.25, 0.3) is 0 Å². The van der Waals surface area contributed by atoms with Crippen molar-refractivity contribution >= 4 is 40.8 Å². The Morgan fingerprint density at radius 1 is 1.26 bits per heavy atom. The number of hydrogen-bond acceptors (Lipinski definition) is 2. The number of fused-ring (bicyclic) bond motifs is 1. The van der Waals surface area contributed by atoms with Crippen LogP contribution < -0.4 is 10.6 Å². The predicted molar refractivity (Wildman–Crippen MR) is 123 cm³/mol. The second-order valence-electron chi connectivity index (χ2n) is 6.53. The molecule has 3 aromatic rings. The van der Waals surface area contributed by atoms with Gasteiger partial charge < -0.3 is 15.6 Å². The van der Waals surface area contributed by atoms with Crippen LogP contribution in [0.3, 0.4) is 0 Å². The Labute approximate surface area is 177 Å². The smallest absolute Gasteiger partial charge is 0.191 e. The first-order valence-electron chi connectivity index (χ1n) is 9.24. The molecule has 0 aliphatic rings. The molecule has 3 rings (SSSR count). The van der Waals surface area contributed by atoms with Crippen LogP contribution in [0.15, 0.2) is 41.8 Å². The first-order valence-corrected chi connectivity index (χ1v) is 9.24. The molecule has 1 aromatic carbocycles. The fourth-order valence-electron chi connectivity index (χ4n) is 3.08. The molecule has 0 saturated carbocycles. The number of hydrogen-bond donors (Lipinski definition) is 3. The molecule has 0 atom stereocenters. The maximum absolute atomic E-state index is 4.70. The molecule has 0 spiro atoms. The molecule has 0 aliphatic heterocycles. The van der Waals surface area contributed by atoms with Gasteiger partial charge in [-0.2, -0.15) is 5.10 Å². The van der Waals surface area contributed by atoms with Crippen LogP contribution in [0.5, 0.6) is 0 Å². The maximum Gasteiger partial charge on any atom is 0.191 e. The number of nitrogens with one attached hydrogen (secondary N) is 3. The van der Waals surface area contributed by atoms with Crippen LogP contribution in [0.25, 0.3) is 10.9 Å². The number of aryl methyl sites for hydroxylation is 2. The lowest BCUT2D eigenvalue weighted by atomic mass is 10.1. The highest BCUT2D eigenvalue weighted by molar-refractivity contribution is 14.0. The molecule has 0 saturated heterocycles. The molecule has 0 aliphatic carbocycles. The highest BCUT2D eigenvalue weighted by Gasteiger charge is 2.05. The number of benzene rings is 1. The third kappa shape index (κ3) is 5.72.